The smallest absolute Gasteiger partial charge is 0.247 e. The van der Waals surface area contributed by atoms with Gasteiger partial charge >= 0.3 is 0 Å². The lowest BCUT2D eigenvalue weighted by Gasteiger charge is -2.25. The SMILES string of the molecule is CCC(C)N1C(=O)CC(NCC(C)(C)SC)C1=O. The maximum Gasteiger partial charge on any atom is 0.247 e. The van der Waals surface area contributed by atoms with Crippen LogP contribution in [0.5, 0.6) is 0 Å². The van der Waals surface area contributed by atoms with E-state index in [1.165, 1.54) is 4.90 Å². The average molecular weight is 272 g/mol. The van der Waals surface area contributed by atoms with E-state index >= 15 is 0 Å². The number of rotatable bonds is 6. The maximum absolute atomic E-state index is 12.2. The minimum Gasteiger partial charge on any atom is -0.304 e. The van der Waals surface area contributed by atoms with E-state index in [4.69, 9.17) is 0 Å². The van der Waals surface area contributed by atoms with Gasteiger partial charge in [-0.15, -0.1) is 0 Å². The Morgan fingerprint density at radius 3 is 2.61 bits per heavy atom. The first-order valence-electron chi connectivity index (χ1n) is 6.46. The van der Waals surface area contributed by atoms with Crippen molar-refractivity contribution in [3.05, 3.63) is 0 Å². The van der Waals surface area contributed by atoms with Crippen LogP contribution in [0.3, 0.4) is 0 Å². The van der Waals surface area contributed by atoms with Gasteiger partial charge in [-0.25, -0.2) is 0 Å². The van der Waals surface area contributed by atoms with Crippen molar-refractivity contribution in [3.63, 3.8) is 0 Å². The number of imide groups is 1. The number of carbonyl (C=O) groups is 2. The molecule has 2 unspecified atom stereocenters. The largest absolute Gasteiger partial charge is 0.304 e. The van der Waals surface area contributed by atoms with Crippen LogP contribution in [-0.2, 0) is 9.59 Å². The summed E-state index contributed by atoms with van der Waals surface area (Å²) in [5.41, 5.74) is 0. The van der Waals surface area contributed by atoms with Crippen molar-refractivity contribution in [3.8, 4) is 0 Å². The molecule has 0 aromatic heterocycles. The van der Waals surface area contributed by atoms with Crippen molar-refractivity contribution >= 4 is 23.6 Å². The van der Waals surface area contributed by atoms with E-state index in [1.807, 2.05) is 13.8 Å². The second-order valence-electron chi connectivity index (χ2n) is 5.46. The molecule has 4 nitrogen and oxygen atoms in total. The molecule has 104 valence electrons. The number of likely N-dealkylation sites (tertiary alicyclic amines) is 1. The summed E-state index contributed by atoms with van der Waals surface area (Å²) in [6.07, 6.45) is 3.16. The van der Waals surface area contributed by atoms with Crippen LogP contribution in [0.25, 0.3) is 0 Å². The molecule has 1 aliphatic rings. The van der Waals surface area contributed by atoms with E-state index in [0.29, 0.717) is 6.42 Å². The van der Waals surface area contributed by atoms with Crippen molar-refractivity contribution < 1.29 is 9.59 Å². The molecule has 1 heterocycles. The molecule has 1 rings (SSSR count). The van der Waals surface area contributed by atoms with E-state index in [9.17, 15) is 9.59 Å². The third kappa shape index (κ3) is 3.48. The molecular formula is C13H24N2O2S. The van der Waals surface area contributed by atoms with Gasteiger partial charge in [0.1, 0.15) is 0 Å². The Morgan fingerprint density at radius 2 is 2.11 bits per heavy atom. The van der Waals surface area contributed by atoms with E-state index in [1.54, 1.807) is 11.8 Å². The highest BCUT2D eigenvalue weighted by molar-refractivity contribution is 7.99. The molecule has 0 aromatic rings. The first-order valence-corrected chi connectivity index (χ1v) is 7.69. The number of thioether (sulfide) groups is 1. The van der Waals surface area contributed by atoms with Gasteiger partial charge in [-0.3, -0.25) is 14.5 Å². The number of hydrogen-bond donors (Lipinski definition) is 1. The molecule has 0 spiro atoms. The lowest BCUT2D eigenvalue weighted by atomic mass is 10.1. The van der Waals surface area contributed by atoms with Gasteiger partial charge in [-0.1, -0.05) is 6.92 Å². The van der Waals surface area contributed by atoms with E-state index in [-0.39, 0.29) is 28.6 Å². The molecule has 2 amide bonds. The normalized spacial score (nSPS) is 22.7. The van der Waals surface area contributed by atoms with Crippen LogP contribution in [0.15, 0.2) is 0 Å². The zero-order chi connectivity index (χ0) is 13.9. The third-order valence-corrected chi connectivity index (χ3v) is 4.79. The van der Waals surface area contributed by atoms with Crippen LogP contribution in [0.1, 0.15) is 40.5 Å². The highest BCUT2D eigenvalue weighted by Crippen LogP contribution is 2.22. The molecule has 0 saturated carbocycles. The summed E-state index contributed by atoms with van der Waals surface area (Å²) in [4.78, 5) is 25.4. The Morgan fingerprint density at radius 1 is 1.50 bits per heavy atom. The van der Waals surface area contributed by atoms with Crippen molar-refractivity contribution in [2.75, 3.05) is 12.8 Å². The molecule has 1 N–H and O–H groups in total. The molecule has 0 radical (unpaired) electrons. The topological polar surface area (TPSA) is 49.4 Å². The van der Waals surface area contributed by atoms with Gasteiger partial charge < -0.3 is 5.32 Å². The number of hydrogen-bond acceptors (Lipinski definition) is 4. The van der Waals surface area contributed by atoms with Gasteiger partial charge in [0.05, 0.1) is 12.5 Å². The highest BCUT2D eigenvalue weighted by Gasteiger charge is 2.40. The Labute approximate surface area is 114 Å². The maximum atomic E-state index is 12.2. The molecule has 0 aromatic carbocycles. The Bertz CT molecular complexity index is 331. The van der Waals surface area contributed by atoms with Crippen LogP contribution in [0.2, 0.25) is 0 Å². The van der Waals surface area contributed by atoms with E-state index in [0.717, 1.165) is 13.0 Å². The summed E-state index contributed by atoms with van der Waals surface area (Å²) in [5.74, 6) is -0.111. The fourth-order valence-corrected chi connectivity index (χ4v) is 2.12. The van der Waals surface area contributed by atoms with Crippen molar-refractivity contribution in [1.29, 1.82) is 0 Å². The van der Waals surface area contributed by atoms with Crippen LogP contribution >= 0.6 is 11.8 Å². The molecule has 0 aliphatic carbocycles. The predicted octanol–water partition coefficient (Wildman–Crippen LogP) is 1.64. The van der Waals surface area contributed by atoms with E-state index < -0.39 is 0 Å². The Kier molecular flexibility index (Phi) is 5.22. The standard InChI is InChI=1S/C13H24N2O2S/c1-6-9(2)15-11(16)7-10(12(15)17)14-8-13(3,4)18-5/h9-10,14H,6-8H2,1-5H3. The highest BCUT2D eigenvalue weighted by atomic mass is 32.2. The van der Waals surface area contributed by atoms with Gasteiger partial charge in [-0.2, -0.15) is 11.8 Å². The molecule has 18 heavy (non-hydrogen) atoms. The predicted molar refractivity (Wildman–Crippen MR) is 75.6 cm³/mol. The van der Waals surface area contributed by atoms with Gasteiger partial charge in [0.25, 0.3) is 0 Å². The lowest BCUT2D eigenvalue weighted by molar-refractivity contribution is -0.141. The fraction of sp³-hybridized carbons (Fsp3) is 0.846. The summed E-state index contributed by atoms with van der Waals surface area (Å²) >= 11 is 1.75. The first-order chi connectivity index (χ1) is 8.32. The van der Waals surface area contributed by atoms with Crippen molar-refractivity contribution in [2.45, 2.75) is 57.4 Å². The van der Waals surface area contributed by atoms with Gasteiger partial charge in [0.2, 0.25) is 11.8 Å². The number of nitrogens with one attached hydrogen (secondary N) is 1. The molecule has 1 fully saturated rings. The van der Waals surface area contributed by atoms with Crippen LogP contribution in [0, 0.1) is 0 Å². The van der Waals surface area contributed by atoms with Crippen LogP contribution in [0.4, 0.5) is 0 Å². The van der Waals surface area contributed by atoms with Crippen molar-refractivity contribution in [1.82, 2.24) is 10.2 Å². The fourth-order valence-electron chi connectivity index (χ4n) is 1.90. The Hall–Kier alpha value is -0.550. The third-order valence-electron chi connectivity index (χ3n) is 3.54. The minimum absolute atomic E-state index is 0.00496. The summed E-state index contributed by atoms with van der Waals surface area (Å²) in [7, 11) is 0. The minimum atomic E-state index is -0.335. The van der Waals surface area contributed by atoms with Gasteiger partial charge in [0.15, 0.2) is 0 Å². The van der Waals surface area contributed by atoms with Crippen LogP contribution < -0.4 is 5.32 Å². The molecule has 2 atom stereocenters. The van der Waals surface area contributed by atoms with Crippen molar-refractivity contribution in [2.24, 2.45) is 0 Å². The Balaban J connectivity index is 2.61. The molecular weight excluding hydrogens is 248 g/mol. The zero-order valence-electron chi connectivity index (χ0n) is 11.9. The molecule has 1 saturated heterocycles. The van der Waals surface area contributed by atoms with Gasteiger partial charge in [-0.05, 0) is 33.4 Å². The summed E-state index contributed by atoms with van der Waals surface area (Å²) < 4.78 is 0.0765. The molecule has 0 bridgehead atoms. The van der Waals surface area contributed by atoms with Crippen LogP contribution in [-0.4, -0.2) is 46.3 Å². The number of amides is 2. The molecule has 5 heteroatoms. The van der Waals surface area contributed by atoms with E-state index in [2.05, 4.69) is 25.4 Å². The summed E-state index contributed by atoms with van der Waals surface area (Å²) in [5, 5.41) is 3.23. The zero-order valence-corrected chi connectivity index (χ0v) is 12.8. The number of nitrogens with zero attached hydrogens (tertiary/aromatic N) is 1. The first kappa shape index (κ1) is 15.5. The second-order valence-corrected chi connectivity index (χ2v) is 6.97. The molecule has 1 aliphatic heterocycles. The quantitative estimate of drug-likeness (QED) is 0.747. The second kappa shape index (κ2) is 6.06. The lowest BCUT2D eigenvalue weighted by Crippen LogP contribution is -2.45. The average Bonchev–Trinajstić information content (AvgIpc) is 2.61. The summed E-state index contributed by atoms with van der Waals surface area (Å²) in [6, 6.07) is -0.330. The summed E-state index contributed by atoms with van der Waals surface area (Å²) in [6.45, 7) is 8.88. The monoisotopic (exact) mass is 272 g/mol. The number of carbonyl (C=O) groups excluding carboxylic acids is 2. The van der Waals surface area contributed by atoms with Gasteiger partial charge in [0, 0.05) is 17.3 Å².